The first-order chi connectivity index (χ1) is 13.4. The van der Waals surface area contributed by atoms with Crippen LogP contribution in [0.25, 0.3) is 0 Å². The Bertz CT molecular complexity index is 879. The van der Waals surface area contributed by atoms with Crippen LogP contribution in [0.1, 0.15) is 12.8 Å². The van der Waals surface area contributed by atoms with E-state index in [2.05, 4.69) is 10.1 Å². The van der Waals surface area contributed by atoms with E-state index >= 15 is 0 Å². The minimum atomic E-state index is -2.99. The number of carbonyl (C=O) groups excluding carboxylic acids is 2. The Balaban J connectivity index is 1.56. The van der Waals surface area contributed by atoms with E-state index in [1.54, 1.807) is 29.2 Å². The van der Waals surface area contributed by atoms with Gasteiger partial charge in [0.05, 0.1) is 5.02 Å². The molecule has 148 valence electrons. The second kappa shape index (κ2) is 8.88. The van der Waals surface area contributed by atoms with E-state index in [1.165, 1.54) is 18.2 Å². The van der Waals surface area contributed by atoms with E-state index in [1.807, 2.05) is 0 Å². The number of alkyl halides is 2. The lowest BCUT2D eigenvalue weighted by atomic mass is 10.3. The maximum atomic E-state index is 12.2. The van der Waals surface area contributed by atoms with Gasteiger partial charge in [0.25, 0.3) is 5.91 Å². The molecule has 0 atom stereocenters. The van der Waals surface area contributed by atoms with E-state index < -0.39 is 12.5 Å². The van der Waals surface area contributed by atoms with Gasteiger partial charge in [0.1, 0.15) is 11.5 Å². The standard InChI is InChI=1S/C19H17ClF2N2O4/c20-15-9-12(6-7-16(15)28-19(21)22)23-17(25)11-27-14-4-1-3-13(10-14)24-8-2-5-18(24)26/h1,3-4,6-7,9-10,19H,2,5,8,11H2,(H,23,25). The van der Waals surface area contributed by atoms with E-state index in [4.69, 9.17) is 16.3 Å². The van der Waals surface area contributed by atoms with E-state index in [0.717, 1.165) is 12.1 Å². The largest absolute Gasteiger partial charge is 0.484 e. The molecule has 2 aromatic carbocycles. The van der Waals surface area contributed by atoms with Crippen LogP contribution in [0.3, 0.4) is 0 Å². The van der Waals surface area contributed by atoms with Crippen LogP contribution in [-0.2, 0) is 9.59 Å². The Kier molecular flexibility index (Phi) is 6.30. The number of hydrogen-bond acceptors (Lipinski definition) is 4. The van der Waals surface area contributed by atoms with Crippen molar-refractivity contribution in [2.75, 3.05) is 23.4 Å². The summed E-state index contributed by atoms with van der Waals surface area (Å²) in [6.45, 7) is -2.60. The lowest BCUT2D eigenvalue weighted by molar-refractivity contribution is -0.118. The fourth-order valence-electron chi connectivity index (χ4n) is 2.78. The van der Waals surface area contributed by atoms with Gasteiger partial charge in [0.15, 0.2) is 6.61 Å². The van der Waals surface area contributed by atoms with Crippen molar-refractivity contribution in [3.63, 3.8) is 0 Å². The third-order valence-electron chi connectivity index (χ3n) is 4.00. The van der Waals surface area contributed by atoms with Crippen molar-refractivity contribution in [2.24, 2.45) is 0 Å². The van der Waals surface area contributed by atoms with Gasteiger partial charge < -0.3 is 19.7 Å². The fourth-order valence-corrected chi connectivity index (χ4v) is 3.00. The molecular formula is C19H17ClF2N2O4. The molecule has 0 aliphatic carbocycles. The Morgan fingerprint density at radius 3 is 2.75 bits per heavy atom. The van der Waals surface area contributed by atoms with Crippen molar-refractivity contribution >= 4 is 34.8 Å². The molecule has 0 spiro atoms. The summed E-state index contributed by atoms with van der Waals surface area (Å²) in [5, 5.41) is 2.50. The number of benzene rings is 2. The number of nitrogens with one attached hydrogen (secondary N) is 1. The van der Waals surface area contributed by atoms with Gasteiger partial charge >= 0.3 is 6.61 Å². The van der Waals surface area contributed by atoms with Crippen molar-refractivity contribution in [2.45, 2.75) is 19.5 Å². The van der Waals surface area contributed by atoms with Crippen LogP contribution < -0.4 is 19.7 Å². The molecule has 0 saturated carbocycles. The minimum Gasteiger partial charge on any atom is -0.484 e. The van der Waals surface area contributed by atoms with Crippen LogP contribution in [0.5, 0.6) is 11.5 Å². The quantitative estimate of drug-likeness (QED) is 0.746. The Morgan fingerprint density at radius 1 is 1.25 bits per heavy atom. The van der Waals surface area contributed by atoms with Gasteiger partial charge in [-0.3, -0.25) is 9.59 Å². The van der Waals surface area contributed by atoms with Crippen LogP contribution in [0, 0.1) is 0 Å². The zero-order valence-electron chi connectivity index (χ0n) is 14.7. The zero-order valence-corrected chi connectivity index (χ0v) is 15.4. The van der Waals surface area contributed by atoms with Crippen LogP contribution in [0.2, 0.25) is 5.02 Å². The molecule has 0 bridgehead atoms. The topological polar surface area (TPSA) is 67.9 Å². The SMILES string of the molecule is O=C(COc1cccc(N2CCCC2=O)c1)Nc1ccc(OC(F)F)c(Cl)c1. The second-order valence-corrected chi connectivity index (χ2v) is 6.41. The number of nitrogens with zero attached hydrogens (tertiary/aromatic N) is 1. The Morgan fingerprint density at radius 2 is 2.07 bits per heavy atom. The summed E-state index contributed by atoms with van der Waals surface area (Å²) < 4.78 is 34.2. The minimum absolute atomic E-state index is 0.0537. The highest BCUT2D eigenvalue weighted by atomic mass is 35.5. The number of carbonyl (C=O) groups is 2. The van der Waals surface area contributed by atoms with E-state index in [9.17, 15) is 18.4 Å². The summed E-state index contributed by atoms with van der Waals surface area (Å²) in [5.41, 5.74) is 1.04. The second-order valence-electron chi connectivity index (χ2n) is 6.01. The molecule has 1 fully saturated rings. The molecule has 1 N–H and O–H groups in total. The zero-order chi connectivity index (χ0) is 20.1. The predicted molar refractivity (Wildman–Crippen MR) is 100 cm³/mol. The highest BCUT2D eigenvalue weighted by Crippen LogP contribution is 2.29. The molecule has 0 radical (unpaired) electrons. The third kappa shape index (κ3) is 5.10. The third-order valence-corrected chi connectivity index (χ3v) is 4.30. The summed E-state index contributed by atoms with van der Waals surface area (Å²) in [6, 6.07) is 10.9. The molecule has 1 aliphatic heterocycles. The lowest BCUT2D eigenvalue weighted by Gasteiger charge is -2.16. The number of hydrogen-bond donors (Lipinski definition) is 1. The molecule has 0 aromatic heterocycles. The van der Waals surface area contributed by atoms with Crippen LogP contribution in [0.4, 0.5) is 20.2 Å². The van der Waals surface area contributed by atoms with Crippen molar-refractivity contribution in [3.05, 3.63) is 47.5 Å². The first-order valence-corrected chi connectivity index (χ1v) is 8.87. The Hall–Kier alpha value is -2.87. The summed E-state index contributed by atoms with van der Waals surface area (Å²) in [5.74, 6) is -0.127. The number of rotatable bonds is 7. The highest BCUT2D eigenvalue weighted by Gasteiger charge is 2.21. The lowest BCUT2D eigenvalue weighted by Crippen LogP contribution is -2.24. The summed E-state index contributed by atoms with van der Waals surface area (Å²) >= 11 is 5.85. The van der Waals surface area contributed by atoms with Crippen molar-refractivity contribution in [1.82, 2.24) is 0 Å². The van der Waals surface area contributed by atoms with E-state index in [0.29, 0.717) is 24.4 Å². The van der Waals surface area contributed by atoms with Crippen LogP contribution >= 0.6 is 11.6 Å². The molecule has 9 heteroatoms. The average Bonchev–Trinajstić information content (AvgIpc) is 3.08. The van der Waals surface area contributed by atoms with Crippen LogP contribution in [-0.4, -0.2) is 31.6 Å². The normalized spacial score (nSPS) is 13.7. The first-order valence-electron chi connectivity index (χ1n) is 8.50. The monoisotopic (exact) mass is 410 g/mol. The molecule has 3 rings (SSSR count). The van der Waals surface area contributed by atoms with Crippen LogP contribution in [0.15, 0.2) is 42.5 Å². The molecule has 6 nitrogen and oxygen atoms in total. The maximum Gasteiger partial charge on any atom is 0.387 e. The van der Waals surface area contributed by atoms with Gasteiger partial charge in [-0.25, -0.2) is 0 Å². The van der Waals surface area contributed by atoms with Crippen molar-refractivity contribution in [3.8, 4) is 11.5 Å². The molecule has 28 heavy (non-hydrogen) atoms. The van der Waals surface area contributed by atoms with Gasteiger partial charge in [-0.15, -0.1) is 0 Å². The molecule has 1 aliphatic rings. The number of ether oxygens (including phenoxy) is 2. The van der Waals surface area contributed by atoms with Crippen molar-refractivity contribution < 1.29 is 27.8 Å². The molecular weight excluding hydrogens is 394 g/mol. The highest BCUT2D eigenvalue weighted by molar-refractivity contribution is 6.32. The molecule has 0 unspecified atom stereocenters. The molecule has 2 amide bonds. The molecule has 1 heterocycles. The van der Waals surface area contributed by atoms with Gasteiger partial charge in [0.2, 0.25) is 5.91 Å². The average molecular weight is 411 g/mol. The van der Waals surface area contributed by atoms with Crippen molar-refractivity contribution in [1.29, 1.82) is 0 Å². The van der Waals surface area contributed by atoms with Gasteiger partial charge in [0, 0.05) is 30.4 Å². The van der Waals surface area contributed by atoms with E-state index in [-0.39, 0.29) is 23.3 Å². The number of halogens is 3. The summed E-state index contributed by atoms with van der Waals surface area (Å²) in [7, 11) is 0. The Labute approximate surface area is 165 Å². The molecule has 2 aromatic rings. The first kappa shape index (κ1) is 19.9. The molecule has 1 saturated heterocycles. The smallest absolute Gasteiger partial charge is 0.387 e. The summed E-state index contributed by atoms with van der Waals surface area (Å²) in [6.07, 6.45) is 1.34. The van der Waals surface area contributed by atoms with Gasteiger partial charge in [-0.05, 0) is 36.8 Å². The maximum absolute atomic E-state index is 12.2. The fraction of sp³-hybridized carbons (Fsp3) is 0.263. The number of amides is 2. The number of anilines is 2. The summed E-state index contributed by atoms with van der Waals surface area (Å²) in [4.78, 5) is 25.6. The van der Waals surface area contributed by atoms with Gasteiger partial charge in [-0.1, -0.05) is 17.7 Å². The van der Waals surface area contributed by atoms with Gasteiger partial charge in [-0.2, -0.15) is 8.78 Å². The predicted octanol–water partition coefficient (Wildman–Crippen LogP) is 4.09.